The molecule has 28 heavy (non-hydrogen) atoms. The first-order valence-corrected chi connectivity index (χ1v) is 8.99. The normalized spacial score (nSPS) is 10.2. The lowest BCUT2D eigenvalue weighted by molar-refractivity contribution is -0.124. The van der Waals surface area contributed by atoms with Gasteiger partial charge < -0.3 is 24.3 Å². The van der Waals surface area contributed by atoms with Crippen molar-refractivity contribution < 1.29 is 28.5 Å². The number of carbonyl (C=O) groups excluding carboxylic acids is 2. The van der Waals surface area contributed by atoms with E-state index >= 15 is 0 Å². The number of hydrogen-bond acceptors (Lipinski definition) is 6. The number of nitrogens with one attached hydrogen (secondary N) is 1. The highest BCUT2D eigenvalue weighted by atomic mass is 16.5. The van der Waals surface area contributed by atoms with Crippen LogP contribution in [0.1, 0.15) is 22.8 Å². The Hall–Kier alpha value is -3.06. The van der Waals surface area contributed by atoms with Crippen molar-refractivity contribution >= 4 is 11.9 Å². The van der Waals surface area contributed by atoms with Crippen LogP contribution in [0.25, 0.3) is 0 Å². The van der Waals surface area contributed by atoms with Crippen LogP contribution in [0.5, 0.6) is 11.5 Å². The van der Waals surface area contributed by atoms with Crippen molar-refractivity contribution in [3.05, 3.63) is 59.7 Å². The minimum absolute atomic E-state index is 0.298. The molecule has 0 aliphatic rings. The molecule has 0 bridgehead atoms. The number of rotatable bonds is 11. The van der Waals surface area contributed by atoms with E-state index in [1.165, 1.54) is 0 Å². The summed E-state index contributed by atoms with van der Waals surface area (Å²) in [5.41, 5.74) is 1.23. The van der Waals surface area contributed by atoms with Gasteiger partial charge in [-0.3, -0.25) is 4.79 Å². The molecule has 0 saturated carbocycles. The van der Waals surface area contributed by atoms with Gasteiger partial charge in [0.15, 0.2) is 6.61 Å². The zero-order valence-electron chi connectivity index (χ0n) is 16.1. The summed E-state index contributed by atoms with van der Waals surface area (Å²) in [6, 6.07) is 14.1. The van der Waals surface area contributed by atoms with E-state index in [0.717, 1.165) is 11.3 Å². The fourth-order valence-corrected chi connectivity index (χ4v) is 2.38. The Morgan fingerprint density at radius 2 is 1.71 bits per heavy atom. The Kier molecular flexibility index (Phi) is 8.81. The minimum atomic E-state index is -0.557. The fourth-order valence-electron chi connectivity index (χ4n) is 2.38. The van der Waals surface area contributed by atoms with Gasteiger partial charge >= 0.3 is 5.97 Å². The van der Waals surface area contributed by atoms with Gasteiger partial charge in [-0.05, 0) is 48.9 Å². The van der Waals surface area contributed by atoms with E-state index in [1.807, 2.05) is 25.1 Å². The van der Waals surface area contributed by atoms with Gasteiger partial charge in [0.1, 0.15) is 18.1 Å². The van der Waals surface area contributed by atoms with Crippen LogP contribution >= 0.6 is 0 Å². The van der Waals surface area contributed by atoms with Crippen LogP contribution in [0.4, 0.5) is 0 Å². The van der Waals surface area contributed by atoms with E-state index < -0.39 is 11.9 Å². The molecule has 0 aromatic heterocycles. The largest absolute Gasteiger partial charge is 0.494 e. The molecule has 0 atom stereocenters. The predicted molar refractivity (Wildman–Crippen MR) is 104 cm³/mol. The second-order valence-electron chi connectivity index (χ2n) is 5.81. The van der Waals surface area contributed by atoms with Gasteiger partial charge in [0, 0.05) is 7.11 Å². The molecule has 0 saturated heterocycles. The van der Waals surface area contributed by atoms with Gasteiger partial charge in [-0.15, -0.1) is 0 Å². The third kappa shape index (κ3) is 7.28. The van der Waals surface area contributed by atoms with Gasteiger partial charge in [0.25, 0.3) is 5.91 Å². The molecule has 7 nitrogen and oxygen atoms in total. The lowest BCUT2D eigenvalue weighted by atomic mass is 10.1. The molecule has 0 radical (unpaired) electrons. The van der Waals surface area contributed by atoms with Crippen LogP contribution in [0.15, 0.2) is 48.5 Å². The Labute approximate surface area is 164 Å². The molecule has 0 heterocycles. The minimum Gasteiger partial charge on any atom is -0.494 e. The van der Waals surface area contributed by atoms with Gasteiger partial charge in [-0.1, -0.05) is 12.1 Å². The van der Waals surface area contributed by atoms with Crippen LogP contribution in [0.2, 0.25) is 0 Å². The fraction of sp³-hybridized carbons (Fsp3) is 0.333. The number of amides is 1. The smallest absolute Gasteiger partial charge is 0.338 e. The molecule has 150 valence electrons. The summed E-state index contributed by atoms with van der Waals surface area (Å²) < 4.78 is 20.9. The molecule has 0 spiro atoms. The van der Waals surface area contributed by atoms with E-state index in [0.29, 0.717) is 37.7 Å². The van der Waals surface area contributed by atoms with Crippen LogP contribution in [0, 0.1) is 0 Å². The number of esters is 1. The van der Waals surface area contributed by atoms with Crippen molar-refractivity contribution in [2.45, 2.75) is 13.5 Å². The Morgan fingerprint density at radius 1 is 1.00 bits per heavy atom. The molecular formula is C21H25NO6. The Morgan fingerprint density at radius 3 is 2.39 bits per heavy atom. The third-order valence-electron chi connectivity index (χ3n) is 3.64. The van der Waals surface area contributed by atoms with Crippen molar-refractivity contribution in [2.75, 3.05) is 33.5 Å². The molecule has 0 unspecified atom stereocenters. The molecule has 0 aliphatic heterocycles. The molecule has 1 N–H and O–H groups in total. The van der Waals surface area contributed by atoms with Crippen molar-refractivity contribution in [3.63, 3.8) is 0 Å². The maximum atomic E-state index is 12.0. The molecule has 0 aliphatic carbocycles. The van der Waals surface area contributed by atoms with Crippen molar-refractivity contribution in [2.24, 2.45) is 0 Å². The molecule has 2 aromatic rings. The second-order valence-corrected chi connectivity index (χ2v) is 5.81. The summed E-state index contributed by atoms with van der Waals surface area (Å²) in [6.45, 7) is 3.17. The quantitative estimate of drug-likeness (QED) is 0.471. The first-order valence-electron chi connectivity index (χ1n) is 8.99. The Bertz CT molecular complexity index is 760. The van der Waals surface area contributed by atoms with Gasteiger partial charge in [-0.2, -0.15) is 0 Å². The summed E-state index contributed by atoms with van der Waals surface area (Å²) in [4.78, 5) is 23.8. The van der Waals surface area contributed by atoms with Gasteiger partial charge in [-0.25, -0.2) is 4.79 Å². The highest BCUT2D eigenvalue weighted by molar-refractivity contribution is 5.91. The number of methoxy groups -OCH3 is 1. The van der Waals surface area contributed by atoms with Gasteiger partial charge in [0.05, 0.1) is 25.3 Å². The summed E-state index contributed by atoms with van der Waals surface area (Å²) in [6.07, 6.45) is 0. The summed E-state index contributed by atoms with van der Waals surface area (Å²) in [7, 11) is 1.58. The molecule has 0 fully saturated rings. The number of carbonyl (C=O) groups is 2. The Balaban J connectivity index is 1.65. The third-order valence-corrected chi connectivity index (χ3v) is 3.64. The van der Waals surface area contributed by atoms with Crippen LogP contribution in [-0.2, 0) is 20.9 Å². The summed E-state index contributed by atoms with van der Waals surface area (Å²) in [5.74, 6) is 0.508. The van der Waals surface area contributed by atoms with E-state index in [4.69, 9.17) is 18.9 Å². The highest BCUT2D eigenvalue weighted by Crippen LogP contribution is 2.17. The lowest BCUT2D eigenvalue weighted by Crippen LogP contribution is -2.32. The molecular weight excluding hydrogens is 362 g/mol. The first kappa shape index (κ1) is 21.2. The lowest BCUT2D eigenvalue weighted by Gasteiger charge is -2.09. The zero-order valence-corrected chi connectivity index (χ0v) is 16.1. The van der Waals surface area contributed by atoms with E-state index in [1.54, 1.807) is 37.4 Å². The monoisotopic (exact) mass is 387 g/mol. The highest BCUT2D eigenvalue weighted by Gasteiger charge is 2.10. The van der Waals surface area contributed by atoms with Gasteiger partial charge in [0.2, 0.25) is 0 Å². The van der Waals surface area contributed by atoms with Crippen molar-refractivity contribution in [1.29, 1.82) is 0 Å². The van der Waals surface area contributed by atoms with Crippen LogP contribution < -0.4 is 14.8 Å². The van der Waals surface area contributed by atoms with Crippen molar-refractivity contribution in [3.8, 4) is 11.5 Å². The molecule has 2 rings (SSSR count). The average molecular weight is 387 g/mol. The van der Waals surface area contributed by atoms with Crippen LogP contribution in [0.3, 0.4) is 0 Å². The first-order chi connectivity index (χ1) is 13.6. The average Bonchev–Trinajstić information content (AvgIpc) is 2.71. The molecule has 7 heteroatoms. The molecule has 2 aromatic carbocycles. The van der Waals surface area contributed by atoms with Crippen LogP contribution in [-0.4, -0.2) is 45.4 Å². The number of benzene rings is 2. The number of ether oxygens (including phenoxy) is 4. The zero-order chi connectivity index (χ0) is 20.2. The van der Waals surface area contributed by atoms with E-state index in [9.17, 15) is 9.59 Å². The second kappa shape index (κ2) is 11.6. The maximum Gasteiger partial charge on any atom is 0.338 e. The summed E-state index contributed by atoms with van der Waals surface area (Å²) in [5, 5.41) is 2.64. The topological polar surface area (TPSA) is 83.1 Å². The SMILES string of the molecule is CCOc1ccc(OCCNC(=O)COC(=O)c2cccc(COC)c2)cc1. The summed E-state index contributed by atoms with van der Waals surface area (Å²) >= 11 is 0. The van der Waals surface area contributed by atoms with E-state index in [-0.39, 0.29) is 6.61 Å². The maximum absolute atomic E-state index is 12.0. The van der Waals surface area contributed by atoms with Crippen molar-refractivity contribution in [1.82, 2.24) is 5.32 Å². The number of hydrogen-bond donors (Lipinski definition) is 1. The van der Waals surface area contributed by atoms with E-state index in [2.05, 4.69) is 5.32 Å². The predicted octanol–water partition coefficient (Wildman–Crippen LogP) is 2.58. The molecule has 1 amide bonds. The standard InChI is InChI=1S/C21H25NO6/c1-3-26-18-7-9-19(10-8-18)27-12-11-22-20(23)15-28-21(24)17-6-4-5-16(13-17)14-25-2/h4-10,13H,3,11-12,14-15H2,1-2H3,(H,22,23).